The predicted molar refractivity (Wildman–Crippen MR) is 152 cm³/mol. The van der Waals surface area contributed by atoms with E-state index >= 15 is 0 Å². The van der Waals surface area contributed by atoms with Crippen LogP contribution in [0, 0.1) is 0 Å². The summed E-state index contributed by atoms with van der Waals surface area (Å²) in [5.74, 6) is 0.824. The van der Waals surface area contributed by atoms with Gasteiger partial charge in [-0.15, -0.1) is 0 Å². The first kappa shape index (κ1) is 21.1. The monoisotopic (exact) mass is 480 g/mol. The van der Waals surface area contributed by atoms with E-state index in [2.05, 4.69) is 97.1 Å². The first-order valence-corrected chi connectivity index (χ1v) is 12.8. The molecule has 0 amide bonds. The summed E-state index contributed by atoms with van der Waals surface area (Å²) in [6.07, 6.45) is 0. The van der Waals surface area contributed by atoms with Crippen LogP contribution in [0.5, 0.6) is 5.75 Å². The van der Waals surface area contributed by atoms with Gasteiger partial charge in [-0.2, -0.15) is 0 Å². The summed E-state index contributed by atoms with van der Waals surface area (Å²) in [5.41, 5.74) is 4.25. The molecule has 0 saturated carbocycles. The Labute approximate surface area is 210 Å². The Morgan fingerprint density at radius 2 is 1.19 bits per heavy atom. The third kappa shape index (κ3) is 2.98. The molecule has 0 unspecified atom stereocenters. The molecule has 0 radical (unpaired) electrons. The summed E-state index contributed by atoms with van der Waals surface area (Å²) in [7, 11) is 1.68. The van der Waals surface area contributed by atoms with Crippen LogP contribution in [0.2, 0.25) is 0 Å². The second-order valence-corrected chi connectivity index (χ2v) is 9.76. The topological polar surface area (TPSA) is 26.3 Å². The average molecular weight is 481 g/mol. The molecule has 7 aromatic rings. The van der Waals surface area contributed by atoms with E-state index in [-0.39, 0.29) is 8.46 Å². The molecule has 0 spiro atoms. The van der Waals surface area contributed by atoms with Crippen LogP contribution in [-0.4, -0.2) is 7.11 Å². The van der Waals surface area contributed by atoms with Crippen molar-refractivity contribution in [3.8, 4) is 28.0 Å². The first-order chi connectivity index (χ1) is 17.8. The molecule has 0 heterocycles. The summed E-state index contributed by atoms with van der Waals surface area (Å²) < 4.78 is 18.4. The maximum Gasteiger partial charge on any atom is 0.193 e. The van der Waals surface area contributed by atoms with Crippen LogP contribution in [0.15, 0.2) is 109 Å². The highest BCUT2D eigenvalue weighted by molar-refractivity contribution is 7.35. The molecule has 2 nitrogen and oxygen atoms in total. The highest BCUT2D eigenvalue weighted by Crippen LogP contribution is 2.43. The van der Waals surface area contributed by atoms with Crippen molar-refractivity contribution >= 4 is 56.9 Å². The van der Waals surface area contributed by atoms with Gasteiger partial charge in [0.15, 0.2) is 8.46 Å². The van der Waals surface area contributed by atoms with Crippen molar-refractivity contribution in [3.63, 3.8) is 0 Å². The van der Waals surface area contributed by atoms with Gasteiger partial charge in [0.05, 0.1) is 12.4 Å². The van der Waals surface area contributed by atoms with Crippen LogP contribution in [-0.2, 0) is 4.57 Å². The van der Waals surface area contributed by atoms with Gasteiger partial charge < -0.3 is 4.74 Å². The highest BCUT2D eigenvalue weighted by Gasteiger charge is 2.20. The normalized spacial score (nSPS) is 11.8. The molecule has 7 aromatic carbocycles. The minimum Gasteiger partial charge on any atom is -0.497 e. The average Bonchev–Trinajstić information content (AvgIpc) is 2.95. The zero-order valence-corrected chi connectivity index (χ0v) is 20.6. The Morgan fingerprint density at radius 3 is 1.89 bits per heavy atom. The van der Waals surface area contributed by atoms with Gasteiger partial charge in [0, 0.05) is 5.39 Å². The van der Waals surface area contributed by atoms with E-state index in [4.69, 9.17) is 4.74 Å². The molecule has 0 bridgehead atoms. The second-order valence-electron chi connectivity index (χ2n) is 9.13. The second kappa shape index (κ2) is 8.16. The zero-order chi connectivity index (χ0) is 24.2. The lowest BCUT2D eigenvalue weighted by Gasteiger charge is -2.19. The number of benzene rings is 7. The number of methoxy groups -OCH3 is 1. The van der Waals surface area contributed by atoms with Gasteiger partial charge >= 0.3 is 0 Å². The SMILES string of the molecule is COc1ccc(-c2ccccc2-c2cc3cccc4c5cccc6cccc(c(c2P=O)c34)c65)cc1. The van der Waals surface area contributed by atoms with Crippen molar-refractivity contribution in [2.75, 3.05) is 7.11 Å². The Hall–Kier alpha value is -4.26. The quantitative estimate of drug-likeness (QED) is 0.143. The molecule has 0 aliphatic carbocycles. The fourth-order valence-electron chi connectivity index (χ4n) is 5.75. The third-order valence-electron chi connectivity index (χ3n) is 7.31. The van der Waals surface area contributed by atoms with Crippen molar-refractivity contribution in [1.82, 2.24) is 0 Å². The van der Waals surface area contributed by atoms with Crippen molar-refractivity contribution in [2.45, 2.75) is 0 Å². The van der Waals surface area contributed by atoms with Crippen LogP contribution in [0.25, 0.3) is 65.3 Å². The van der Waals surface area contributed by atoms with E-state index in [0.29, 0.717) is 0 Å². The lowest BCUT2D eigenvalue weighted by molar-refractivity contribution is 0.415. The minimum atomic E-state index is 0.00772. The van der Waals surface area contributed by atoms with E-state index < -0.39 is 0 Å². The van der Waals surface area contributed by atoms with E-state index in [9.17, 15) is 4.57 Å². The maximum absolute atomic E-state index is 13.0. The lowest BCUT2D eigenvalue weighted by Crippen LogP contribution is -2.04. The number of fused-ring (bicyclic) bond motifs is 2. The van der Waals surface area contributed by atoms with Gasteiger partial charge in [0.25, 0.3) is 0 Å². The van der Waals surface area contributed by atoms with Gasteiger partial charge in [-0.3, -0.25) is 4.57 Å². The molecule has 0 aliphatic heterocycles. The maximum atomic E-state index is 13.0. The van der Waals surface area contributed by atoms with Gasteiger partial charge in [-0.05, 0) is 78.2 Å². The lowest BCUT2D eigenvalue weighted by atomic mass is 9.86. The molecule has 3 heteroatoms. The number of rotatable bonds is 4. The fourth-order valence-corrected chi connectivity index (χ4v) is 6.35. The molecule has 0 saturated heterocycles. The van der Waals surface area contributed by atoms with Crippen molar-refractivity contribution in [2.24, 2.45) is 0 Å². The van der Waals surface area contributed by atoms with Gasteiger partial charge in [0.1, 0.15) is 5.75 Å². The summed E-state index contributed by atoms with van der Waals surface area (Å²) >= 11 is 0. The van der Waals surface area contributed by atoms with Crippen LogP contribution >= 0.6 is 8.46 Å². The van der Waals surface area contributed by atoms with E-state index in [1.807, 2.05) is 12.1 Å². The van der Waals surface area contributed by atoms with E-state index in [1.54, 1.807) is 7.11 Å². The minimum absolute atomic E-state index is 0.00772. The largest absolute Gasteiger partial charge is 0.497 e. The number of ether oxygens (including phenoxy) is 1. The molecule has 36 heavy (non-hydrogen) atoms. The predicted octanol–water partition coefficient (Wildman–Crippen LogP) is 9.00. The Morgan fingerprint density at radius 1 is 0.556 bits per heavy atom. The van der Waals surface area contributed by atoms with Crippen molar-refractivity contribution in [3.05, 3.63) is 109 Å². The molecule has 0 fully saturated rings. The Bertz CT molecular complexity index is 1930. The van der Waals surface area contributed by atoms with Gasteiger partial charge in [0.2, 0.25) is 0 Å². The molecule has 0 aliphatic rings. The number of hydrogen-bond donors (Lipinski definition) is 0. The molecular formula is C33H21O2P. The number of hydrogen-bond acceptors (Lipinski definition) is 2. The first-order valence-electron chi connectivity index (χ1n) is 12.0. The van der Waals surface area contributed by atoms with Gasteiger partial charge in [-0.25, -0.2) is 0 Å². The van der Waals surface area contributed by atoms with Crippen molar-refractivity contribution in [1.29, 1.82) is 0 Å². The van der Waals surface area contributed by atoms with Crippen molar-refractivity contribution < 1.29 is 9.30 Å². The van der Waals surface area contributed by atoms with Crippen LogP contribution in [0.3, 0.4) is 0 Å². The van der Waals surface area contributed by atoms with Crippen LogP contribution in [0.1, 0.15) is 0 Å². The van der Waals surface area contributed by atoms with E-state index in [1.165, 1.54) is 26.9 Å². The fraction of sp³-hybridized carbons (Fsp3) is 0.0303. The molecule has 0 aromatic heterocycles. The molecule has 7 rings (SSSR count). The third-order valence-corrected chi connectivity index (χ3v) is 7.96. The van der Waals surface area contributed by atoms with E-state index in [0.717, 1.165) is 49.5 Å². The summed E-state index contributed by atoms with van der Waals surface area (Å²) in [6, 6.07) is 38.1. The standard InChI is InChI=1S/C33H21O2P/c1-35-23-17-15-20(16-18-23)24-10-2-3-11-25(24)29-19-22-9-6-13-27-26-12-4-7-21-8-5-14-28(30(21)26)32(31(22)27)33(29)36-34/h2-19H,1H3. The van der Waals surface area contributed by atoms with Gasteiger partial charge in [-0.1, -0.05) is 91.0 Å². The summed E-state index contributed by atoms with van der Waals surface area (Å²) in [6.45, 7) is 0. The smallest absolute Gasteiger partial charge is 0.193 e. The Balaban J connectivity index is 1.64. The van der Waals surface area contributed by atoms with Crippen LogP contribution < -0.4 is 10.0 Å². The molecule has 0 atom stereocenters. The molecular weight excluding hydrogens is 459 g/mol. The molecule has 0 N–H and O–H groups in total. The zero-order valence-electron chi connectivity index (χ0n) is 19.7. The molecule has 170 valence electrons. The Kier molecular flexibility index (Phi) is 4.77. The van der Waals surface area contributed by atoms with Crippen LogP contribution in [0.4, 0.5) is 0 Å². The summed E-state index contributed by atoms with van der Waals surface area (Å²) in [4.78, 5) is 0. The summed E-state index contributed by atoms with van der Waals surface area (Å²) in [5, 5.41) is 10.2. The highest BCUT2D eigenvalue weighted by atomic mass is 31.1.